The van der Waals surface area contributed by atoms with E-state index in [1.807, 2.05) is 0 Å². The Bertz CT molecular complexity index is 1260. The molecule has 0 atom stereocenters. The molecule has 0 aliphatic heterocycles. The molecule has 190 valence electrons. The van der Waals surface area contributed by atoms with Gasteiger partial charge in [0.25, 0.3) is 0 Å². The fourth-order valence-corrected chi connectivity index (χ4v) is 3.08. The van der Waals surface area contributed by atoms with Gasteiger partial charge in [-0.25, -0.2) is 0 Å². The van der Waals surface area contributed by atoms with Crippen LogP contribution in [0.15, 0.2) is 71.6 Å². The molecule has 0 aliphatic carbocycles. The summed E-state index contributed by atoms with van der Waals surface area (Å²) in [5.74, 6) is 0. The predicted octanol–water partition coefficient (Wildman–Crippen LogP) is 7.74. The molecule has 0 fully saturated rings. The number of hydrogen-bond donors (Lipinski definition) is 2. The number of thiol groups is 1. The molecule has 0 saturated carbocycles. The first-order valence-corrected chi connectivity index (χ1v) is 10.9. The van der Waals surface area contributed by atoms with E-state index >= 15 is 0 Å². The van der Waals surface area contributed by atoms with Gasteiger partial charge in [-0.05, 0) is 47.0 Å². The summed E-state index contributed by atoms with van der Waals surface area (Å²) in [4.78, 5) is 0.507. The summed E-state index contributed by atoms with van der Waals surface area (Å²) in [5.41, 5.74) is -4.96. The van der Waals surface area contributed by atoms with Crippen LogP contribution >= 0.6 is 12.6 Å². The van der Waals surface area contributed by atoms with Gasteiger partial charge in [-0.2, -0.15) is 47.9 Å². The molecular formula is C21H13F9O3S2. The third-order valence-electron chi connectivity index (χ3n) is 4.36. The van der Waals surface area contributed by atoms with Crippen LogP contribution in [0.4, 0.5) is 39.5 Å². The highest BCUT2D eigenvalue weighted by Gasteiger charge is 2.44. The number of benzene rings is 3. The molecule has 0 saturated heterocycles. The van der Waals surface area contributed by atoms with Gasteiger partial charge in [-0.3, -0.25) is 4.55 Å². The highest BCUT2D eigenvalue weighted by atomic mass is 32.2. The molecule has 0 spiro atoms. The van der Waals surface area contributed by atoms with Crippen molar-refractivity contribution in [2.45, 2.75) is 22.8 Å². The zero-order valence-corrected chi connectivity index (χ0v) is 18.6. The Balaban J connectivity index is 0.000000466. The van der Waals surface area contributed by atoms with Crippen molar-refractivity contribution in [3.05, 3.63) is 77.9 Å². The van der Waals surface area contributed by atoms with E-state index < -0.39 is 39.1 Å². The quantitative estimate of drug-likeness (QED) is 0.149. The van der Waals surface area contributed by atoms with E-state index in [9.17, 15) is 39.5 Å². The maximum Gasteiger partial charge on any atom is 0.522 e. The molecule has 35 heavy (non-hydrogen) atoms. The van der Waals surface area contributed by atoms with Crippen LogP contribution in [0.2, 0.25) is 0 Å². The fourth-order valence-electron chi connectivity index (χ4n) is 2.75. The van der Waals surface area contributed by atoms with Gasteiger partial charge in [0, 0.05) is 10.5 Å². The highest BCUT2D eigenvalue weighted by Crippen LogP contribution is 2.39. The third kappa shape index (κ3) is 7.39. The minimum absolute atomic E-state index is 0.489. The maximum absolute atomic E-state index is 12.8. The largest absolute Gasteiger partial charge is 0.522 e. The van der Waals surface area contributed by atoms with Gasteiger partial charge in [-0.1, -0.05) is 36.4 Å². The first kappa shape index (κ1) is 28.5. The predicted molar refractivity (Wildman–Crippen MR) is 112 cm³/mol. The maximum atomic E-state index is 12.8. The summed E-state index contributed by atoms with van der Waals surface area (Å²) >= 11 is 4.38. The normalized spacial score (nSPS) is 12.7. The number of alkyl halides is 9. The molecule has 14 heteroatoms. The lowest BCUT2D eigenvalue weighted by Gasteiger charge is -2.15. The topological polar surface area (TPSA) is 54.4 Å². The van der Waals surface area contributed by atoms with Crippen molar-refractivity contribution in [3.63, 3.8) is 0 Å². The lowest BCUT2D eigenvalue weighted by Crippen LogP contribution is -2.21. The molecular weight excluding hydrogens is 535 g/mol. The van der Waals surface area contributed by atoms with Gasteiger partial charge < -0.3 is 0 Å². The van der Waals surface area contributed by atoms with Crippen molar-refractivity contribution in [1.29, 1.82) is 0 Å². The molecule has 3 aromatic rings. The van der Waals surface area contributed by atoms with Crippen LogP contribution < -0.4 is 0 Å². The van der Waals surface area contributed by atoms with E-state index in [-0.39, 0.29) is 0 Å². The van der Waals surface area contributed by atoms with Crippen molar-refractivity contribution < 1.29 is 52.5 Å². The molecule has 0 amide bonds. The van der Waals surface area contributed by atoms with E-state index in [0.29, 0.717) is 27.1 Å². The van der Waals surface area contributed by atoms with Crippen molar-refractivity contribution in [3.8, 4) is 22.3 Å². The Morgan fingerprint density at radius 2 is 1.00 bits per heavy atom. The van der Waals surface area contributed by atoms with E-state index in [1.165, 1.54) is 24.3 Å². The second-order valence-corrected chi connectivity index (χ2v) is 8.67. The van der Waals surface area contributed by atoms with E-state index in [1.54, 1.807) is 18.2 Å². The average Bonchev–Trinajstić information content (AvgIpc) is 2.71. The minimum Gasteiger partial charge on any atom is -0.279 e. The van der Waals surface area contributed by atoms with Crippen LogP contribution in [0.5, 0.6) is 0 Å². The molecule has 3 nitrogen and oxygen atoms in total. The lowest BCUT2D eigenvalue weighted by atomic mass is 9.93. The van der Waals surface area contributed by atoms with Crippen molar-refractivity contribution >= 4 is 22.7 Å². The molecule has 0 heterocycles. The van der Waals surface area contributed by atoms with Crippen LogP contribution in [-0.4, -0.2) is 18.5 Å². The number of rotatable bonds is 2. The van der Waals surface area contributed by atoms with Crippen LogP contribution in [0.3, 0.4) is 0 Å². The van der Waals surface area contributed by atoms with Crippen LogP contribution in [0.1, 0.15) is 11.1 Å². The Hall–Kier alpha value is -2.71. The Kier molecular flexibility index (Phi) is 8.24. The number of hydrogen-bond acceptors (Lipinski definition) is 3. The summed E-state index contributed by atoms with van der Waals surface area (Å²) in [7, 11) is -5.84. The summed E-state index contributed by atoms with van der Waals surface area (Å²) in [6.45, 7) is 0. The molecule has 3 aromatic carbocycles. The Morgan fingerprint density at radius 3 is 1.34 bits per heavy atom. The Morgan fingerprint density at radius 1 is 0.629 bits per heavy atom. The highest BCUT2D eigenvalue weighted by molar-refractivity contribution is 7.86. The van der Waals surface area contributed by atoms with Gasteiger partial charge in [0.2, 0.25) is 0 Å². The van der Waals surface area contributed by atoms with Crippen LogP contribution in [0.25, 0.3) is 22.3 Å². The molecule has 3 rings (SSSR count). The Labute approximate surface area is 198 Å². The molecule has 0 radical (unpaired) electrons. The second kappa shape index (κ2) is 10.1. The first-order chi connectivity index (χ1) is 15.8. The van der Waals surface area contributed by atoms with Crippen molar-refractivity contribution in [2.75, 3.05) is 0 Å². The average molecular weight is 548 g/mol. The van der Waals surface area contributed by atoms with Gasteiger partial charge >= 0.3 is 28.0 Å². The number of halogens is 9. The SMILES string of the molecule is FC(F)(F)c1ccc(-c2cccc(S)c2-c2ccc(C(F)(F)F)cc2)cc1.O=S(=O)(O)C(F)(F)F. The lowest BCUT2D eigenvalue weighted by molar-refractivity contribution is -0.138. The summed E-state index contributed by atoms with van der Waals surface area (Å²) in [6.07, 6.45) is -8.89. The van der Waals surface area contributed by atoms with Gasteiger partial charge in [0.1, 0.15) is 0 Å². The second-order valence-electron chi connectivity index (χ2n) is 6.77. The van der Waals surface area contributed by atoms with Crippen molar-refractivity contribution in [2.24, 2.45) is 0 Å². The van der Waals surface area contributed by atoms with Crippen molar-refractivity contribution in [1.82, 2.24) is 0 Å². The van der Waals surface area contributed by atoms with Gasteiger partial charge in [-0.15, -0.1) is 12.6 Å². The monoisotopic (exact) mass is 548 g/mol. The summed E-state index contributed by atoms with van der Waals surface area (Å²) in [6, 6.07) is 14.2. The molecule has 0 bridgehead atoms. The molecule has 0 aromatic heterocycles. The molecule has 1 N–H and O–H groups in total. The fraction of sp³-hybridized carbons (Fsp3) is 0.143. The molecule has 0 aliphatic rings. The standard InChI is InChI=1S/C20H12F6S.CHF3O3S/c21-19(22,23)14-8-4-12(5-9-14)16-2-1-3-17(27)18(16)13-6-10-15(11-7-13)20(24,25)26;2-1(3,4)8(5,6)7/h1-11,27H;(H,5,6,7). The summed E-state index contributed by atoms with van der Waals surface area (Å²) < 4.78 is 134. The summed E-state index contributed by atoms with van der Waals surface area (Å²) in [5, 5.41) is 0. The van der Waals surface area contributed by atoms with Gasteiger partial charge in [0.05, 0.1) is 11.1 Å². The van der Waals surface area contributed by atoms with Crippen LogP contribution in [0, 0.1) is 0 Å². The third-order valence-corrected chi connectivity index (χ3v) is 5.32. The zero-order chi connectivity index (χ0) is 26.8. The zero-order valence-electron chi connectivity index (χ0n) is 16.9. The minimum atomic E-state index is -5.84. The van der Waals surface area contributed by atoms with E-state index in [2.05, 4.69) is 12.6 Å². The van der Waals surface area contributed by atoms with E-state index in [4.69, 9.17) is 13.0 Å². The smallest absolute Gasteiger partial charge is 0.279 e. The van der Waals surface area contributed by atoms with Crippen LogP contribution in [-0.2, 0) is 22.5 Å². The first-order valence-electron chi connectivity index (χ1n) is 9.03. The molecule has 0 unspecified atom stereocenters. The van der Waals surface area contributed by atoms with Gasteiger partial charge in [0.15, 0.2) is 0 Å². The van der Waals surface area contributed by atoms with E-state index in [0.717, 1.165) is 24.3 Å².